The maximum absolute atomic E-state index is 5.62. The fraction of sp³-hybridized carbons (Fsp3) is 0.417. The van der Waals surface area contributed by atoms with Crippen molar-refractivity contribution >= 4 is 17.2 Å². The molecule has 2 heteroatoms. The molecule has 2 N–H and O–H groups in total. The maximum atomic E-state index is 5.62. The molecular weight excluding hydrogens is 190 g/mol. The number of benzene rings is 1. The zero-order chi connectivity index (χ0) is 9.97. The minimum atomic E-state index is 0.511. The Balaban J connectivity index is 2.37. The summed E-state index contributed by atoms with van der Waals surface area (Å²) in [6.07, 6.45) is 6.36. The van der Waals surface area contributed by atoms with E-state index in [1.807, 2.05) is 6.07 Å². The summed E-state index contributed by atoms with van der Waals surface area (Å²) in [7, 11) is 0. The molecule has 0 bridgehead atoms. The fourth-order valence-corrected chi connectivity index (χ4v) is 2.19. The van der Waals surface area contributed by atoms with Gasteiger partial charge in [0, 0.05) is 5.56 Å². The molecule has 0 radical (unpaired) electrons. The Morgan fingerprint density at radius 1 is 1.07 bits per heavy atom. The summed E-state index contributed by atoms with van der Waals surface area (Å²) in [5, 5.41) is 0. The highest BCUT2D eigenvalue weighted by atomic mass is 32.1. The normalized spacial score (nSPS) is 15.7. The van der Waals surface area contributed by atoms with Crippen LogP contribution in [-0.2, 0) is 12.8 Å². The first kappa shape index (κ1) is 9.66. The molecule has 1 aromatic carbocycles. The lowest BCUT2D eigenvalue weighted by Crippen LogP contribution is -2.10. The van der Waals surface area contributed by atoms with Crippen molar-refractivity contribution in [2.45, 2.75) is 32.1 Å². The average Bonchev–Trinajstić information content (AvgIpc) is 2.41. The highest BCUT2D eigenvalue weighted by molar-refractivity contribution is 7.80. The SMILES string of the molecule is NC(=S)c1ccc2c(c1)CCCCC2. The third kappa shape index (κ3) is 1.95. The lowest BCUT2D eigenvalue weighted by Gasteiger charge is -2.07. The maximum Gasteiger partial charge on any atom is 0.103 e. The van der Waals surface area contributed by atoms with Crippen LogP contribution in [0.1, 0.15) is 36.0 Å². The second-order valence-electron chi connectivity index (χ2n) is 3.91. The topological polar surface area (TPSA) is 26.0 Å². The molecule has 0 saturated heterocycles. The van der Waals surface area contributed by atoms with Gasteiger partial charge in [-0.05, 0) is 42.9 Å². The molecule has 1 aliphatic carbocycles. The first-order chi connectivity index (χ1) is 6.77. The van der Waals surface area contributed by atoms with Crippen LogP contribution in [0.2, 0.25) is 0 Å². The third-order valence-corrected chi connectivity index (χ3v) is 3.12. The van der Waals surface area contributed by atoms with Gasteiger partial charge >= 0.3 is 0 Å². The van der Waals surface area contributed by atoms with Crippen molar-refractivity contribution < 1.29 is 0 Å². The Labute approximate surface area is 90.3 Å². The molecule has 1 nitrogen and oxygen atoms in total. The molecule has 0 heterocycles. The molecule has 0 fully saturated rings. The summed E-state index contributed by atoms with van der Waals surface area (Å²) < 4.78 is 0. The molecule has 0 aromatic heterocycles. The van der Waals surface area contributed by atoms with Gasteiger partial charge in [-0.3, -0.25) is 0 Å². The van der Waals surface area contributed by atoms with E-state index in [0.717, 1.165) is 5.56 Å². The summed E-state index contributed by atoms with van der Waals surface area (Å²) in [6.45, 7) is 0. The first-order valence-corrected chi connectivity index (χ1v) is 5.60. The van der Waals surface area contributed by atoms with E-state index in [-0.39, 0.29) is 0 Å². The van der Waals surface area contributed by atoms with Gasteiger partial charge in [-0.1, -0.05) is 30.8 Å². The van der Waals surface area contributed by atoms with E-state index in [1.54, 1.807) is 0 Å². The van der Waals surface area contributed by atoms with Gasteiger partial charge in [0.1, 0.15) is 4.99 Å². The minimum Gasteiger partial charge on any atom is -0.389 e. The lowest BCUT2D eigenvalue weighted by atomic mass is 10.0. The van der Waals surface area contributed by atoms with Crippen molar-refractivity contribution in [1.82, 2.24) is 0 Å². The van der Waals surface area contributed by atoms with Crippen LogP contribution in [0.4, 0.5) is 0 Å². The standard InChI is InChI=1S/C12H15NS/c13-12(14)11-7-6-9-4-2-1-3-5-10(9)8-11/h6-8H,1-5H2,(H2,13,14). The lowest BCUT2D eigenvalue weighted by molar-refractivity contribution is 0.711. The van der Waals surface area contributed by atoms with Crippen LogP contribution in [-0.4, -0.2) is 4.99 Å². The summed E-state index contributed by atoms with van der Waals surface area (Å²) in [5.74, 6) is 0. The quantitative estimate of drug-likeness (QED) is 0.563. The molecule has 0 aliphatic heterocycles. The van der Waals surface area contributed by atoms with Crippen LogP contribution in [0, 0.1) is 0 Å². The van der Waals surface area contributed by atoms with Crippen molar-refractivity contribution in [1.29, 1.82) is 0 Å². The summed E-state index contributed by atoms with van der Waals surface area (Å²) in [5.41, 5.74) is 9.57. The molecule has 0 amide bonds. The van der Waals surface area contributed by atoms with Crippen LogP contribution in [0.25, 0.3) is 0 Å². The zero-order valence-corrected chi connectivity index (χ0v) is 9.07. The number of nitrogens with two attached hydrogens (primary N) is 1. The van der Waals surface area contributed by atoms with E-state index < -0.39 is 0 Å². The number of fused-ring (bicyclic) bond motifs is 1. The van der Waals surface area contributed by atoms with Crippen molar-refractivity contribution in [2.24, 2.45) is 5.73 Å². The Kier molecular flexibility index (Phi) is 2.82. The molecular formula is C12H15NS. The van der Waals surface area contributed by atoms with Crippen LogP contribution < -0.4 is 5.73 Å². The molecule has 14 heavy (non-hydrogen) atoms. The molecule has 1 aliphatic rings. The Morgan fingerprint density at radius 3 is 2.50 bits per heavy atom. The Bertz CT molecular complexity index is 357. The van der Waals surface area contributed by atoms with Crippen molar-refractivity contribution in [2.75, 3.05) is 0 Å². The molecule has 74 valence electrons. The first-order valence-electron chi connectivity index (χ1n) is 5.19. The van der Waals surface area contributed by atoms with E-state index in [4.69, 9.17) is 18.0 Å². The van der Waals surface area contributed by atoms with Gasteiger partial charge in [0.2, 0.25) is 0 Å². The van der Waals surface area contributed by atoms with E-state index in [2.05, 4.69) is 12.1 Å². The van der Waals surface area contributed by atoms with Gasteiger partial charge in [-0.15, -0.1) is 0 Å². The molecule has 0 unspecified atom stereocenters. The van der Waals surface area contributed by atoms with Crippen LogP contribution >= 0.6 is 12.2 Å². The second-order valence-corrected chi connectivity index (χ2v) is 4.35. The predicted octanol–water partition coefficient (Wildman–Crippen LogP) is 2.59. The minimum absolute atomic E-state index is 0.511. The summed E-state index contributed by atoms with van der Waals surface area (Å²) >= 11 is 4.98. The third-order valence-electron chi connectivity index (χ3n) is 2.88. The van der Waals surface area contributed by atoms with Crippen molar-refractivity contribution in [3.63, 3.8) is 0 Å². The van der Waals surface area contributed by atoms with Gasteiger partial charge in [-0.25, -0.2) is 0 Å². The monoisotopic (exact) mass is 205 g/mol. The van der Waals surface area contributed by atoms with Crippen molar-refractivity contribution in [3.8, 4) is 0 Å². The number of aryl methyl sites for hydroxylation is 2. The van der Waals surface area contributed by atoms with Gasteiger partial charge in [0.15, 0.2) is 0 Å². The molecule has 2 rings (SSSR count). The van der Waals surface area contributed by atoms with E-state index in [1.165, 1.54) is 43.2 Å². The smallest absolute Gasteiger partial charge is 0.103 e. The van der Waals surface area contributed by atoms with Gasteiger partial charge in [0.05, 0.1) is 0 Å². The molecule has 0 atom stereocenters. The van der Waals surface area contributed by atoms with E-state index >= 15 is 0 Å². The number of thiocarbonyl (C=S) groups is 1. The Morgan fingerprint density at radius 2 is 1.79 bits per heavy atom. The number of rotatable bonds is 1. The van der Waals surface area contributed by atoms with E-state index in [0.29, 0.717) is 4.99 Å². The fourth-order valence-electron chi connectivity index (χ4n) is 2.06. The Hall–Kier alpha value is -0.890. The highest BCUT2D eigenvalue weighted by Crippen LogP contribution is 2.21. The average molecular weight is 205 g/mol. The number of hydrogen-bond acceptors (Lipinski definition) is 1. The van der Waals surface area contributed by atoms with Crippen LogP contribution in [0.3, 0.4) is 0 Å². The van der Waals surface area contributed by atoms with E-state index in [9.17, 15) is 0 Å². The molecule has 0 saturated carbocycles. The highest BCUT2D eigenvalue weighted by Gasteiger charge is 2.08. The predicted molar refractivity (Wildman–Crippen MR) is 63.6 cm³/mol. The van der Waals surface area contributed by atoms with Crippen LogP contribution in [0.5, 0.6) is 0 Å². The van der Waals surface area contributed by atoms with Gasteiger partial charge < -0.3 is 5.73 Å². The van der Waals surface area contributed by atoms with Gasteiger partial charge in [-0.2, -0.15) is 0 Å². The summed E-state index contributed by atoms with van der Waals surface area (Å²) in [6, 6.07) is 6.41. The number of hydrogen-bond donors (Lipinski definition) is 1. The molecule has 0 spiro atoms. The zero-order valence-electron chi connectivity index (χ0n) is 8.25. The van der Waals surface area contributed by atoms with Crippen molar-refractivity contribution in [3.05, 3.63) is 34.9 Å². The summed E-state index contributed by atoms with van der Waals surface area (Å²) in [4.78, 5) is 0.511. The van der Waals surface area contributed by atoms with Gasteiger partial charge in [0.25, 0.3) is 0 Å². The largest absolute Gasteiger partial charge is 0.389 e. The second kappa shape index (κ2) is 4.09. The molecule has 1 aromatic rings. The van der Waals surface area contributed by atoms with Crippen LogP contribution in [0.15, 0.2) is 18.2 Å².